The van der Waals surface area contributed by atoms with E-state index in [2.05, 4.69) is 19.2 Å². The number of carbonyl (C=O) groups is 1. The Morgan fingerprint density at radius 1 is 1.16 bits per heavy atom. The summed E-state index contributed by atoms with van der Waals surface area (Å²) in [6, 6.07) is 11.4. The Labute approximate surface area is 220 Å². The topological polar surface area (TPSA) is 79.0 Å². The van der Waals surface area contributed by atoms with Crippen LogP contribution in [0.4, 0.5) is 10.1 Å². The maximum atomic E-state index is 13.9. The summed E-state index contributed by atoms with van der Waals surface area (Å²) in [6.07, 6.45) is 2.22. The van der Waals surface area contributed by atoms with Crippen molar-refractivity contribution >= 4 is 21.6 Å². The Balaban J connectivity index is 1.51. The summed E-state index contributed by atoms with van der Waals surface area (Å²) in [5, 5.41) is 2.81. The van der Waals surface area contributed by atoms with Gasteiger partial charge in [0.25, 0.3) is 0 Å². The number of rotatable bonds is 7. The average Bonchev–Trinajstić information content (AvgIpc) is 2.83. The molecule has 9 heteroatoms. The molecule has 0 radical (unpaired) electrons. The van der Waals surface area contributed by atoms with E-state index < -0.39 is 15.6 Å². The normalized spacial score (nSPS) is 23.5. The number of morpholine rings is 1. The minimum Gasteiger partial charge on any atom is -0.371 e. The number of piperidine rings is 1. The van der Waals surface area contributed by atoms with Gasteiger partial charge in [0, 0.05) is 30.4 Å². The van der Waals surface area contributed by atoms with Gasteiger partial charge in [0.2, 0.25) is 15.9 Å². The zero-order chi connectivity index (χ0) is 26.8. The van der Waals surface area contributed by atoms with Crippen LogP contribution in [0.15, 0.2) is 47.4 Å². The molecule has 1 N–H and O–H groups in total. The molecule has 2 saturated heterocycles. The third-order valence-electron chi connectivity index (χ3n) is 7.33. The molecule has 0 aliphatic carbocycles. The standard InChI is InChI=1S/C28H38FN3O4S/c1-20(2)15-23-17-36-28(19-32(23)37(34,35)24-11-9-21(3)10-12-24)13-6-14-31(18-28)16-27(33)30-26-8-5-7-25(29)22(26)4/h5,7-12,20,23H,6,13-19H2,1-4H3,(H,30,33)/t23-,28-/m0/s1. The van der Waals surface area contributed by atoms with Crippen LogP contribution in [-0.2, 0) is 19.6 Å². The Hall–Kier alpha value is -2.33. The SMILES string of the molecule is Cc1ccc(S(=O)(=O)N2C[C@@]3(CCCN(CC(=O)Nc4cccc(F)c4C)C3)OC[C@@H]2CC(C)C)cc1. The molecule has 1 spiro atoms. The van der Waals surface area contributed by atoms with Crippen molar-refractivity contribution in [3.05, 3.63) is 59.4 Å². The lowest BCUT2D eigenvalue weighted by molar-refractivity contribution is -0.146. The van der Waals surface area contributed by atoms with E-state index in [1.807, 2.05) is 24.0 Å². The molecule has 0 unspecified atom stereocenters. The van der Waals surface area contributed by atoms with Crippen molar-refractivity contribution in [3.63, 3.8) is 0 Å². The molecular formula is C28H38FN3O4S. The van der Waals surface area contributed by atoms with Crippen LogP contribution in [0.3, 0.4) is 0 Å². The fourth-order valence-electron chi connectivity index (χ4n) is 5.38. The molecule has 2 aromatic rings. The molecule has 2 fully saturated rings. The predicted octanol–water partition coefficient (Wildman–Crippen LogP) is 4.35. The lowest BCUT2D eigenvalue weighted by Crippen LogP contribution is -2.64. The molecule has 202 valence electrons. The number of nitrogens with one attached hydrogen (secondary N) is 1. The first-order valence-electron chi connectivity index (χ1n) is 13.0. The van der Waals surface area contributed by atoms with E-state index in [4.69, 9.17) is 4.74 Å². The van der Waals surface area contributed by atoms with E-state index in [-0.39, 0.29) is 30.9 Å². The number of ether oxygens (including phenoxy) is 1. The number of sulfonamides is 1. The molecule has 2 aromatic carbocycles. The van der Waals surface area contributed by atoms with Crippen molar-refractivity contribution in [2.24, 2.45) is 5.92 Å². The summed E-state index contributed by atoms with van der Waals surface area (Å²) in [4.78, 5) is 15.1. The fourth-order valence-corrected chi connectivity index (χ4v) is 7.07. The molecule has 0 bridgehead atoms. The third-order valence-corrected chi connectivity index (χ3v) is 9.24. The van der Waals surface area contributed by atoms with Gasteiger partial charge in [-0.15, -0.1) is 0 Å². The van der Waals surface area contributed by atoms with Gasteiger partial charge in [-0.05, 0) is 69.8 Å². The minimum absolute atomic E-state index is 0.126. The van der Waals surface area contributed by atoms with E-state index in [1.165, 1.54) is 6.07 Å². The smallest absolute Gasteiger partial charge is 0.243 e. The van der Waals surface area contributed by atoms with Crippen molar-refractivity contribution in [2.45, 2.75) is 63.5 Å². The summed E-state index contributed by atoms with van der Waals surface area (Å²) < 4.78 is 49.6. The second kappa shape index (κ2) is 11.2. The number of aryl methyl sites for hydroxylation is 1. The first-order chi connectivity index (χ1) is 17.5. The van der Waals surface area contributed by atoms with Crippen LogP contribution in [-0.4, -0.2) is 68.0 Å². The van der Waals surface area contributed by atoms with E-state index >= 15 is 0 Å². The van der Waals surface area contributed by atoms with Crippen molar-refractivity contribution in [1.29, 1.82) is 0 Å². The zero-order valence-electron chi connectivity index (χ0n) is 22.2. The van der Waals surface area contributed by atoms with Gasteiger partial charge in [0.05, 0.1) is 23.6 Å². The van der Waals surface area contributed by atoms with Crippen molar-refractivity contribution < 1.29 is 22.3 Å². The number of hydrogen-bond donors (Lipinski definition) is 1. The highest BCUT2D eigenvalue weighted by atomic mass is 32.2. The minimum atomic E-state index is -3.72. The Morgan fingerprint density at radius 2 is 1.89 bits per heavy atom. The van der Waals surface area contributed by atoms with Crippen molar-refractivity contribution in [1.82, 2.24) is 9.21 Å². The van der Waals surface area contributed by atoms with Gasteiger partial charge in [0.1, 0.15) is 5.82 Å². The molecule has 0 aromatic heterocycles. The van der Waals surface area contributed by atoms with Crippen LogP contribution in [0.2, 0.25) is 0 Å². The molecule has 0 saturated carbocycles. The second-order valence-electron chi connectivity index (χ2n) is 10.9. The average molecular weight is 532 g/mol. The number of nitrogens with zero attached hydrogens (tertiary/aromatic N) is 2. The number of amides is 1. The van der Waals surface area contributed by atoms with Crippen molar-refractivity contribution in [3.8, 4) is 0 Å². The van der Waals surface area contributed by atoms with Crippen LogP contribution in [0.1, 0.15) is 44.2 Å². The van der Waals surface area contributed by atoms with Gasteiger partial charge in [-0.2, -0.15) is 4.31 Å². The molecule has 2 atom stereocenters. The highest BCUT2D eigenvalue weighted by molar-refractivity contribution is 7.89. The van der Waals surface area contributed by atoms with Crippen LogP contribution in [0, 0.1) is 25.6 Å². The number of benzene rings is 2. The lowest BCUT2D eigenvalue weighted by Gasteiger charge is -2.50. The van der Waals surface area contributed by atoms with Gasteiger partial charge in [-0.1, -0.05) is 37.6 Å². The van der Waals surface area contributed by atoms with Crippen LogP contribution < -0.4 is 5.32 Å². The first kappa shape index (κ1) is 27.7. The summed E-state index contributed by atoms with van der Waals surface area (Å²) in [5.41, 5.74) is 1.18. The maximum absolute atomic E-state index is 13.9. The first-order valence-corrected chi connectivity index (χ1v) is 14.4. The number of carbonyl (C=O) groups excluding carboxylic acids is 1. The fraction of sp³-hybridized carbons (Fsp3) is 0.536. The number of hydrogen-bond acceptors (Lipinski definition) is 5. The molecule has 2 heterocycles. The Bertz CT molecular complexity index is 1220. The van der Waals surface area contributed by atoms with Crippen LogP contribution >= 0.6 is 0 Å². The third kappa shape index (κ3) is 6.39. The van der Waals surface area contributed by atoms with Gasteiger partial charge in [-0.3, -0.25) is 9.69 Å². The van der Waals surface area contributed by atoms with Gasteiger partial charge in [0.15, 0.2) is 0 Å². The number of anilines is 1. The highest BCUT2D eigenvalue weighted by Gasteiger charge is 2.47. The summed E-state index contributed by atoms with van der Waals surface area (Å²) in [7, 11) is -3.72. The largest absolute Gasteiger partial charge is 0.371 e. The van der Waals surface area contributed by atoms with Crippen molar-refractivity contribution in [2.75, 3.05) is 38.1 Å². The maximum Gasteiger partial charge on any atom is 0.243 e. The quantitative estimate of drug-likeness (QED) is 0.575. The van der Waals surface area contributed by atoms with Gasteiger partial charge in [-0.25, -0.2) is 12.8 Å². The van der Waals surface area contributed by atoms with E-state index in [0.717, 1.165) is 18.4 Å². The molecule has 37 heavy (non-hydrogen) atoms. The molecule has 2 aliphatic heterocycles. The predicted molar refractivity (Wildman–Crippen MR) is 142 cm³/mol. The molecule has 1 amide bonds. The molecule has 2 aliphatic rings. The van der Waals surface area contributed by atoms with Crippen LogP contribution in [0.5, 0.6) is 0 Å². The summed E-state index contributed by atoms with van der Waals surface area (Å²) in [5.74, 6) is -0.282. The summed E-state index contributed by atoms with van der Waals surface area (Å²) in [6.45, 7) is 9.61. The molecule has 7 nitrogen and oxygen atoms in total. The van der Waals surface area contributed by atoms with Gasteiger partial charge >= 0.3 is 0 Å². The Morgan fingerprint density at radius 3 is 2.59 bits per heavy atom. The monoisotopic (exact) mass is 531 g/mol. The number of likely N-dealkylation sites (tertiary alicyclic amines) is 1. The van der Waals surface area contributed by atoms with Crippen LogP contribution in [0.25, 0.3) is 0 Å². The highest BCUT2D eigenvalue weighted by Crippen LogP contribution is 2.35. The van der Waals surface area contributed by atoms with Gasteiger partial charge < -0.3 is 10.1 Å². The Kier molecular flexibility index (Phi) is 8.38. The molecule has 4 rings (SSSR count). The lowest BCUT2D eigenvalue weighted by atomic mass is 9.89. The van der Waals surface area contributed by atoms with E-state index in [1.54, 1.807) is 35.5 Å². The number of halogens is 1. The summed E-state index contributed by atoms with van der Waals surface area (Å²) >= 11 is 0. The second-order valence-corrected chi connectivity index (χ2v) is 12.8. The van der Waals surface area contributed by atoms with E-state index in [9.17, 15) is 17.6 Å². The van der Waals surface area contributed by atoms with E-state index in [0.29, 0.717) is 48.2 Å². The zero-order valence-corrected chi connectivity index (χ0v) is 23.0. The molecular weight excluding hydrogens is 493 g/mol.